The fourth-order valence-electron chi connectivity index (χ4n) is 1.86. The number of para-hydroxylation sites is 1. The minimum Gasteiger partial charge on any atom is -0.464 e. The fraction of sp³-hybridized carbons (Fsp3) is 0.385. The van der Waals surface area contributed by atoms with Crippen LogP contribution in [0.5, 0.6) is 0 Å². The molecule has 0 spiro atoms. The second-order valence-corrected chi connectivity index (χ2v) is 6.29. The topological polar surface area (TPSA) is 71.3 Å². The van der Waals surface area contributed by atoms with Crippen LogP contribution in [0.1, 0.15) is 12.0 Å². The molecule has 0 aliphatic rings. The summed E-state index contributed by atoms with van der Waals surface area (Å²) in [6, 6.07) is 7.90. The number of hydrogen-bond acceptors (Lipinski definition) is 4. The lowest BCUT2D eigenvalue weighted by Gasteiger charge is -2.04. The molecule has 1 aromatic heterocycles. The molecule has 104 valence electrons. The van der Waals surface area contributed by atoms with E-state index >= 15 is 0 Å². The average Bonchev–Trinajstić information content (AvgIpc) is 2.76. The van der Waals surface area contributed by atoms with E-state index in [1.165, 1.54) is 0 Å². The highest BCUT2D eigenvalue weighted by molar-refractivity contribution is 7.88. The molecule has 0 radical (unpaired) electrons. The van der Waals surface area contributed by atoms with Gasteiger partial charge in [-0.2, -0.15) is 0 Å². The first kappa shape index (κ1) is 14.0. The number of hydrogen-bond donors (Lipinski definition) is 2. The summed E-state index contributed by atoms with van der Waals surface area (Å²) in [5, 5.41) is 4.39. The van der Waals surface area contributed by atoms with E-state index in [2.05, 4.69) is 10.0 Å². The first-order chi connectivity index (χ1) is 9.06. The molecule has 0 amide bonds. The van der Waals surface area contributed by atoms with Gasteiger partial charge < -0.3 is 9.73 Å². The normalized spacial score (nSPS) is 12.1. The number of furan rings is 1. The summed E-state index contributed by atoms with van der Waals surface area (Å²) in [6.07, 6.45) is 3.67. The summed E-state index contributed by atoms with van der Waals surface area (Å²) in [6.45, 7) is 1.93. The van der Waals surface area contributed by atoms with Crippen LogP contribution in [-0.2, 0) is 16.6 Å². The number of sulfonamides is 1. The van der Waals surface area contributed by atoms with Gasteiger partial charge in [0.25, 0.3) is 0 Å². The maximum absolute atomic E-state index is 10.9. The molecule has 0 saturated heterocycles. The largest absolute Gasteiger partial charge is 0.464 e. The maximum Gasteiger partial charge on any atom is 0.208 e. The molecule has 2 N–H and O–H groups in total. The van der Waals surface area contributed by atoms with Crippen LogP contribution in [0, 0.1) is 0 Å². The zero-order valence-electron chi connectivity index (χ0n) is 10.8. The summed E-state index contributed by atoms with van der Waals surface area (Å²) in [5.41, 5.74) is 2.00. The number of rotatable bonds is 7. The van der Waals surface area contributed by atoms with Gasteiger partial charge in [-0.3, -0.25) is 0 Å². The molecule has 2 rings (SSSR count). The standard InChI is InChI=1S/C13H18N2O3S/c1-19(16,17)15-8-4-7-14-9-11-10-18-13-6-3-2-5-12(11)13/h2-3,5-6,10,14-15H,4,7-9H2,1H3. The van der Waals surface area contributed by atoms with Crippen molar-refractivity contribution in [3.63, 3.8) is 0 Å². The summed E-state index contributed by atoms with van der Waals surface area (Å²) in [7, 11) is -3.08. The van der Waals surface area contributed by atoms with E-state index in [0.29, 0.717) is 6.54 Å². The molecule has 1 heterocycles. The van der Waals surface area contributed by atoms with Crippen molar-refractivity contribution in [2.75, 3.05) is 19.3 Å². The summed E-state index contributed by atoms with van der Waals surface area (Å²) >= 11 is 0. The quantitative estimate of drug-likeness (QED) is 0.754. The molecule has 0 bridgehead atoms. The van der Waals surface area contributed by atoms with Crippen LogP contribution < -0.4 is 10.0 Å². The van der Waals surface area contributed by atoms with Crippen molar-refractivity contribution in [2.24, 2.45) is 0 Å². The molecule has 0 unspecified atom stereocenters. The Morgan fingerprint density at radius 3 is 2.79 bits per heavy atom. The summed E-state index contributed by atoms with van der Waals surface area (Å²) in [4.78, 5) is 0. The zero-order valence-corrected chi connectivity index (χ0v) is 11.7. The monoisotopic (exact) mass is 282 g/mol. The predicted molar refractivity (Wildman–Crippen MR) is 75.4 cm³/mol. The van der Waals surface area contributed by atoms with Gasteiger partial charge in [-0.25, -0.2) is 13.1 Å². The van der Waals surface area contributed by atoms with Crippen LogP contribution in [0.15, 0.2) is 34.9 Å². The first-order valence-electron chi connectivity index (χ1n) is 6.17. The van der Waals surface area contributed by atoms with Gasteiger partial charge in [0, 0.05) is 24.0 Å². The second kappa shape index (κ2) is 6.18. The van der Waals surface area contributed by atoms with Crippen LogP contribution in [0.2, 0.25) is 0 Å². The van der Waals surface area contributed by atoms with Crippen LogP contribution in [0.4, 0.5) is 0 Å². The Balaban J connectivity index is 1.74. The molecule has 1 aromatic carbocycles. The minimum absolute atomic E-state index is 0.456. The van der Waals surface area contributed by atoms with E-state index in [1.54, 1.807) is 6.26 Å². The van der Waals surface area contributed by atoms with Gasteiger partial charge in [0.1, 0.15) is 5.58 Å². The Hall–Kier alpha value is -1.37. The molecule has 2 aromatic rings. The van der Waals surface area contributed by atoms with Crippen molar-refractivity contribution >= 4 is 21.0 Å². The van der Waals surface area contributed by atoms with E-state index in [9.17, 15) is 8.42 Å². The summed E-state index contributed by atoms with van der Waals surface area (Å²) in [5.74, 6) is 0. The van der Waals surface area contributed by atoms with Gasteiger partial charge in [0.15, 0.2) is 0 Å². The molecular formula is C13H18N2O3S. The van der Waals surface area contributed by atoms with E-state index in [-0.39, 0.29) is 0 Å². The lowest BCUT2D eigenvalue weighted by atomic mass is 10.2. The van der Waals surface area contributed by atoms with Crippen LogP contribution in [0.3, 0.4) is 0 Å². The highest BCUT2D eigenvalue weighted by Crippen LogP contribution is 2.20. The second-order valence-electron chi connectivity index (χ2n) is 4.45. The lowest BCUT2D eigenvalue weighted by molar-refractivity contribution is 0.577. The van der Waals surface area contributed by atoms with Gasteiger partial charge in [-0.1, -0.05) is 18.2 Å². The fourth-order valence-corrected chi connectivity index (χ4v) is 2.38. The highest BCUT2D eigenvalue weighted by Gasteiger charge is 2.04. The van der Waals surface area contributed by atoms with Gasteiger partial charge >= 0.3 is 0 Å². The number of nitrogens with one attached hydrogen (secondary N) is 2. The Labute approximate surface area is 113 Å². The Bertz CT molecular complexity index is 634. The third-order valence-electron chi connectivity index (χ3n) is 2.77. The van der Waals surface area contributed by atoms with E-state index in [1.807, 2.05) is 24.3 Å². The first-order valence-corrected chi connectivity index (χ1v) is 8.06. The number of fused-ring (bicyclic) bond motifs is 1. The number of benzene rings is 1. The minimum atomic E-state index is -3.08. The smallest absolute Gasteiger partial charge is 0.208 e. The average molecular weight is 282 g/mol. The molecule has 0 saturated carbocycles. The lowest BCUT2D eigenvalue weighted by Crippen LogP contribution is -2.26. The van der Waals surface area contributed by atoms with Gasteiger partial charge in [-0.15, -0.1) is 0 Å². The maximum atomic E-state index is 10.9. The Morgan fingerprint density at radius 2 is 2.00 bits per heavy atom. The zero-order chi connectivity index (χ0) is 13.7. The molecule has 6 heteroatoms. The van der Waals surface area contributed by atoms with Crippen molar-refractivity contribution in [1.29, 1.82) is 0 Å². The third kappa shape index (κ3) is 4.34. The van der Waals surface area contributed by atoms with Crippen molar-refractivity contribution in [1.82, 2.24) is 10.0 Å². The highest BCUT2D eigenvalue weighted by atomic mass is 32.2. The third-order valence-corrected chi connectivity index (χ3v) is 3.50. The van der Waals surface area contributed by atoms with Crippen molar-refractivity contribution in [2.45, 2.75) is 13.0 Å². The Morgan fingerprint density at radius 1 is 1.21 bits per heavy atom. The predicted octanol–water partition coefficient (Wildman–Crippen LogP) is 1.46. The van der Waals surface area contributed by atoms with Gasteiger partial charge in [0.05, 0.1) is 12.5 Å². The molecule has 5 nitrogen and oxygen atoms in total. The Kier molecular flexibility index (Phi) is 4.57. The van der Waals surface area contributed by atoms with Gasteiger partial charge in [-0.05, 0) is 19.0 Å². The summed E-state index contributed by atoms with van der Waals surface area (Å²) < 4.78 is 29.6. The SMILES string of the molecule is CS(=O)(=O)NCCCNCc1coc2ccccc12. The van der Waals surface area contributed by atoms with Crippen LogP contribution in [0.25, 0.3) is 11.0 Å². The van der Waals surface area contributed by atoms with Crippen molar-refractivity contribution in [3.8, 4) is 0 Å². The molecular weight excluding hydrogens is 264 g/mol. The molecule has 0 atom stereocenters. The van der Waals surface area contributed by atoms with E-state index < -0.39 is 10.0 Å². The molecule has 0 aliphatic heterocycles. The van der Waals surface area contributed by atoms with E-state index in [0.717, 1.165) is 42.3 Å². The van der Waals surface area contributed by atoms with E-state index in [4.69, 9.17) is 4.42 Å². The van der Waals surface area contributed by atoms with Crippen molar-refractivity contribution in [3.05, 3.63) is 36.1 Å². The molecule has 19 heavy (non-hydrogen) atoms. The van der Waals surface area contributed by atoms with Crippen LogP contribution >= 0.6 is 0 Å². The molecule has 0 fully saturated rings. The van der Waals surface area contributed by atoms with Crippen LogP contribution in [-0.4, -0.2) is 27.8 Å². The molecule has 0 aliphatic carbocycles. The van der Waals surface area contributed by atoms with Crippen molar-refractivity contribution < 1.29 is 12.8 Å². The van der Waals surface area contributed by atoms with Gasteiger partial charge in [0.2, 0.25) is 10.0 Å².